The third kappa shape index (κ3) is 6.52. The normalized spacial score (nSPS) is 12.2. The van der Waals surface area contributed by atoms with E-state index >= 15 is 0 Å². The van der Waals surface area contributed by atoms with Gasteiger partial charge in [0.05, 0.1) is 0 Å². The summed E-state index contributed by atoms with van der Waals surface area (Å²) in [6, 6.07) is 3.25. The quantitative estimate of drug-likeness (QED) is 0.843. The van der Waals surface area contributed by atoms with Gasteiger partial charge in [-0.05, 0) is 18.6 Å². The molecule has 0 aliphatic carbocycles. The van der Waals surface area contributed by atoms with Crippen molar-refractivity contribution in [1.82, 2.24) is 4.98 Å². The van der Waals surface area contributed by atoms with Crippen molar-refractivity contribution >= 4 is 0 Å². The highest BCUT2D eigenvalue weighted by molar-refractivity contribution is 5.24. The van der Waals surface area contributed by atoms with E-state index in [1.807, 2.05) is 13.8 Å². The molecule has 1 aromatic heterocycles. The molecule has 0 saturated heterocycles. The highest BCUT2D eigenvalue weighted by Crippen LogP contribution is 2.28. The number of nitrogens with two attached hydrogens (primary N) is 1. The molecule has 0 amide bonds. The number of pyridine rings is 1. The molecule has 0 fully saturated rings. The number of alkyl halides is 3. The Morgan fingerprint density at radius 3 is 2.35 bits per heavy atom. The van der Waals surface area contributed by atoms with E-state index in [9.17, 15) is 13.2 Å². The zero-order chi connectivity index (χ0) is 15.6. The summed E-state index contributed by atoms with van der Waals surface area (Å²) in [5, 5.41) is 0. The zero-order valence-corrected chi connectivity index (χ0v) is 12.0. The van der Waals surface area contributed by atoms with Crippen LogP contribution in [0.1, 0.15) is 32.0 Å². The minimum atomic E-state index is -4.34. The van der Waals surface area contributed by atoms with Gasteiger partial charge in [0.15, 0.2) is 0 Å². The standard InChI is InChI=1S/C13H15F3N2.C2H6/c1-2-3-4-11(13(14,15)16)7-12-6-5-10(8-17)9-18-12;1-2/h2-6,9H,7-8,17H2,1H3;1-2H3/b3-2-,11-4+;. The van der Waals surface area contributed by atoms with Crippen LogP contribution in [0.4, 0.5) is 13.2 Å². The molecule has 1 rings (SSSR count). The van der Waals surface area contributed by atoms with Gasteiger partial charge >= 0.3 is 6.18 Å². The first-order valence-electron chi connectivity index (χ1n) is 6.50. The lowest BCUT2D eigenvalue weighted by atomic mass is 10.1. The van der Waals surface area contributed by atoms with Gasteiger partial charge in [-0.3, -0.25) is 4.98 Å². The Kier molecular flexibility index (Phi) is 8.56. The van der Waals surface area contributed by atoms with Crippen LogP contribution in [-0.4, -0.2) is 11.2 Å². The van der Waals surface area contributed by atoms with Crippen LogP contribution in [0.3, 0.4) is 0 Å². The maximum absolute atomic E-state index is 12.7. The van der Waals surface area contributed by atoms with Crippen molar-refractivity contribution in [2.24, 2.45) is 5.73 Å². The van der Waals surface area contributed by atoms with Crippen molar-refractivity contribution in [3.8, 4) is 0 Å². The maximum Gasteiger partial charge on any atom is 0.413 e. The molecular weight excluding hydrogens is 265 g/mol. The fraction of sp³-hybridized carbons (Fsp3) is 0.400. The summed E-state index contributed by atoms with van der Waals surface area (Å²) in [5.41, 5.74) is 5.95. The van der Waals surface area contributed by atoms with E-state index in [2.05, 4.69) is 4.98 Å². The van der Waals surface area contributed by atoms with Crippen LogP contribution in [0.15, 0.2) is 42.1 Å². The maximum atomic E-state index is 12.7. The zero-order valence-electron chi connectivity index (χ0n) is 12.0. The molecule has 0 aromatic carbocycles. The fourth-order valence-corrected chi connectivity index (χ4v) is 1.34. The second-order valence-electron chi connectivity index (χ2n) is 3.75. The number of rotatable bonds is 4. The molecule has 0 saturated carbocycles. The molecule has 0 aliphatic heterocycles. The van der Waals surface area contributed by atoms with Crippen LogP contribution in [0.25, 0.3) is 0 Å². The first kappa shape index (κ1) is 18.4. The van der Waals surface area contributed by atoms with Gasteiger partial charge in [-0.2, -0.15) is 13.2 Å². The molecule has 0 radical (unpaired) electrons. The largest absolute Gasteiger partial charge is 0.413 e. The van der Waals surface area contributed by atoms with Crippen molar-refractivity contribution in [3.05, 3.63) is 53.4 Å². The van der Waals surface area contributed by atoms with E-state index in [1.165, 1.54) is 12.3 Å². The van der Waals surface area contributed by atoms with E-state index in [4.69, 9.17) is 5.73 Å². The van der Waals surface area contributed by atoms with Gasteiger partial charge in [-0.15, -0.1) is 0 Å². The SMILES string of the molecule is C/C=C\C=C(/Cc1ccc(CN)cn1)C(F)(F)F.CC. The molecule has 1 heterocycles. The Labute approximate surface area is 118 Å². The van der Waals surface area contributed by atoms with Crippen molar-refractivity contribution in [2.75, 3.05) is 0 Å². The second-order valence-corrected chi connectivity index (χ2v) is 3.75. The number of allylic oxidation sites excluding steroid dienone is 4. The summed E-state index contributed by atoms with van der Waals surface area (Å²) < 4.78 is 38.2. The molecule has 1 aromatic rings. The number of halogens is 3. The van der Waals surface area contributed by atoms with Crippen molar-refractivity contribution in [1.29, 1.82) is 0 Å². The Hall–Kier alpha value is -1.62. The molecule has 0 bridgehead atoms. The lowest BCUT2D eigenvalue weighted by Crippen LogP contribution is -2.14. The van der Waals surface area contributed by atoms with Crippen molar-refractivity contribution in [3.63, 3.8) is 0 Å². The fourth-order valence-electron chi connectivity index (χ4n) is 1.34. The van der Waals surface area contributed by atoms with Crippen LogP contribution < -0.4 is 5.73 Å². The molecule has 112 valence electrons. The molecule has 0 spiro atoms. The molecule has 2 N–H and O–H groups in total. The predicted molar refractivity (Wildman–Crippen MR) is 76.1 cm³/mol. The van der Waals surface area contributed by atoms with Crippen LogP contribution >= 0.6 is 0 Å². The number of aromatic nitrogens is 1. The summed E-state index contributed by atoms with van der Waals surface area (Å²) in [6.45, 7) is 5.99. The van der Waals surface area contributed by atoms with Crippen molar-refractivity contribution < 1.29 is 13.2 Å². The van der Waals surface area contributed by atoms with Crippen molar-refractivity contribution in [2.45, 2.75) is 39.9 Å². The van der Waals surface area contributed by atoms with E-state index in [1.54, 1.807) is 25.1 Å². The first-order chi connectivity index (χ1) is 9.47. The molecule has 5 heteroatoms. The van der Waals surface area contributed by atoms with E-state index in [0.29, 0.717) is 12.2 Å². The molecular formula is C15H21F3N2. The summed E-state index contributed by atoms with van der Waals surface area (Å²) in [6.07, 6.45) is 0.914. The Morgan fingerprint density at radius 2 is 1.95 bits per heavy atom. The third-order valence-corrected chi connectivity index (χ3v) is 2.35. The lowest BCUT2D eigenvalue weighted by molar-refractivity contribution is -0.0932. The topological polar surface area (TPSA) is 38.9 Å². The predicted octanol–water partition coefficient (Wildman–Crippen LogP) is 4.17. The number of nitrogens with zero attached hydrogens (tertiary/aromatic N) is 1. The van der Waals surface area contributed by atoms with E-state index < -0.39 is 11.7 Å². The summed E-state index contributed by atoms with van der Waals surface area (Å²) in [7, 11) is 0. The lowest BCUT2D eigenvalue weighted by Gasteiger charge is -2.11. The van der Waals surface area contributed by atoms with Gasteiger partial charge in [0.1, 0.15) is 0 Å². The van der Waals surface area contributed by atoms with Crippen LogP contribution in [0, 0.1) is 0 Å². The second kappa shape index (κ2) is 9.31. The van der Waals surface area contributed by atoms with E-state index in [0.717, 1.165) is 11.6 Å². The Morgan fingerprint density at radius 1 is 1.30 bits per heavy atom. The molecule has 0 aliphatic rings. The number of hydrogen-bond acceptors (Lipinski definition) is 2. The molecule has 20 heavy (non-hydrogen) atoms. The minimum Gasteiger partial charge on any atom is -0.326 e. The highest BCUT2D eigenvalue weighted by Gasteiger charge is 2.33. The van der Waals surface area contributed by atoms with Gasteiger partial charge < -0.3 is 5.73 Å². The smallest absolute Gasteiger partial charge is 0.326 e. The molecule has 2 nitrogen and oxygen atoms in total. The van der Waals surface area contributed by atoms with Crippen LogP contribution in [0.2, 0.25) is 0 Å². The number of hydrogen-bond donors (Lipinski definition) is 1. The summed E-state index contributed by atoms with van der Waals surface area (Å²) >= 11 is 0. The van der Waals surface area contributed by atoms with Crippen LogP contribution in [0.5, 0.6) is 0 Å². The minimum absolute atomic E-state index is 0.237. The average molecular weight is 286 g/mol. The van der Waals surface area contributed by atoms with Crippen LogP contribution in [-0.2, 0) is 13.0 Å². The monoisotopic (exact) mass is 286 g/mol. The summed E-state index contributed by atoms with van der Waals surface area (Å²) in [5.74, 6) is 0. The highest BCUT2D eigenvalue weighted by atomic mass is 19.4. The van der Waals surface area contributed by atoms with E-state index in [-0.39, 0.29) is 6.42 Å². The average Bonchev–Trinajstić information content (AvgIpc) is 2.45. The molecule has 0 unspecified atom stereocenters. The summed E-state index contributed by atoms with van der Waals surface area (Å²) in [4.78, 5) is 3.97. The first-order valence-corrected chi connectivity index (χ1v) is 6.50. The Balaban J connectivity index is 0.00000172. The van der Waals surface area contributed by atoms with Gasteiger partial charge in [0.2, 0.25) is 0 Å². The Bertz CT molecular complexity index is 431. The van der Waals surface area contributed by atoms with Gasteiger partial charge in [0, 0.05) is 30.4 Å². The van der Waals surface area contributed by atoms with Gasteiger partial charge in [-0.1, -0.05) is 38.1 Å². The third-order valence-electron chi connectivity index (χ3n) is 2.35. The van der Waals surface area contributed by atoms with Gasteiger partial charge in [-0.25, -0.2) is 0 Å². The molecule has 0 atom stereocenters. The van der Waals surface area contributed by atoms with Gasteiger partial charge in [0.25, 0.3) is 0 Å².